The summed E-state index contributed by atoms with van der Waals surface area (Å²) in [5.41, 5.74) is 0.462. The highest BCUT2D eigenvalue weighted by atomic mass is 16.4. The normalized spacial score (nSPS) is 21.3. The van der Waals surface area contributed by atoms with Crippen molar-refractivity contribution in [3.8, 4) is 5.75 Å². The minimum atomic E-state index is -1.04. The highest BCUT2D eigenvalue weighted by Gasteiger charge is 2.34. The first kappa shape index (κ1) is 14.3. The highest BCUT2D eigenvalue weighted by molar-refractivity contribution is 5.76. The number of rotatable bonds is 4. The lowest BCUT2D eigenvalue weighted by Crippen LogP contribution is -2.43. The molecule has 1 saturated heterocycles. The molecule has 2 atom stereocenters. The molecule has 1 fully saturated rings. The molecule has 0 radical (unpaired) electrons. The average Bonchev–Trinajstić information content (AvgIpc) is 2.39. The van der Waals surface area contributed by atoms with Gasteiger partial charge in [-0.15, -0.1) is 0 Å². The minimum Gasteiger partial charge on any atom is -0.508 e. The van der Waals surface area contributed by atoms with Gasteiger partial charge in [-0.1, -0.05) is 12.1 Å². The molecular formula is C14H17NO5. The van der Waals surface area contributed by atoms with Crippen molar-refractivity contribution in [2.75, 3.05) is 13.1 Å². The van der Waals surface area contributed by atoms with Crippen LogP contribution in [0.3, 0.4) is 0 Å². The van der Waals surface area contributed by atoms with E-state index in [-0.39, 0.29) is 12.3 Å². The summed E-state index contributed by atoms with van der Waals surface area (Å²) >= 11 is 0. The Hall–Kier alpha value is -2.08. The van der Waals surface area contributed by atoms with Gasteiger partial charge in [0.25, 0.3) is 0 Å². The molecule has 1 aromatic carbocycles. The predicted octanol–water partition coefficient (Wildman–Crippen LogP) is 1.31. The lowest BCUT2D eigenvalue weighted by Gasteiger charge is -2.35. The zero-order valence-electron chi connectivity index (χ0n) is 10.9. The maximum Gasteiger partial charge on any atom is 0.325 e. The Balaban J connectivity index is 2.25. The van der Waals surface area contributed by atoms with Crippen LogP contribution in [0.25, 0.3) is 0 Å². The molecule has 2 unspecified atom stereocenters. The summed E-state index contributed by atoms with van der Waals surface area (Å²) < 4.78 is 0. The number of phenols is 1. The Labute approximate surface area is 116 Å². The second-order valence-electron chi connectivity index (χ2n) is 5.01. The summed E-state index contributed by atoms with van der Waals surface area (Å²) in [5, 5.41) is 28.0. The molecule has 0 saturated carbocycles. The Morgan fingerprint density at radius 2 is 2.05 bits per heavy atom. The van der Waals surface area contributed by atoms with Gasteiger partial charge in [0.05, 0.1) is 5.92 Å². The maximum atomic E-state index is 11.5. The summed E-state index contributed by atoms with van der Waals surface area (Å²) in [7, 11) is 0. The van der Waals surface area contributed by atoms with Crippen molar-refractivity contribution < 1.29 is 24.9 Å². The van der Waals surface area contributed by atoms with E-state index in [1.807, 2.05) is 0 Å². The number of phenolic OH excluding ortho intramolecular Hbond substituents is 1. The van der Waals surface area contributed by atoms with Crippen molar-refractivity contribution >= 4 is 11.9 Å². The lowest BCUT2D eigenvalue weighted by atomic mass is 9.95. The Bertz CT molecular complexity index is 516. The molecule has 1 heterocycles. The Kier molecular flexibility index (Phi) is 4.24. The summed E-state index contributed by atoms with van der Waals surface area (Å²) in [6.07, 6.45) is 1.22. The van der Waals surface area contributed by atoms with Gasteiger partial charge in [0.15, 0.2) is 0 Å². The summed E-state index contributed by atoms with van der Waals surface area (Å²) in [6, 6.07) is 5.16. The van der Waals surface area contributed by atoms with Crippen LogP contribution in [0.1, 0.15) is 24.4 Å². The van der Waals surface area contributed by atoms with E-state index in [9.17, 15) is 19.8 Å². The smallest absolute Gasteiger partial charge is 0.325 e. The van der Waals surface area contributed by atoms with E-state index in [4.69, 9.17) is 5.11 Å². The van der Waals surface area contributed by atoms with E-state index in [0.29, 0.717) is 24.9 Å². The third kappa shape index (κ3) is 3.08. The van der Waals surface area contributed by atoms with Gasteiger partial charge >= 0.3 is 11.9 Å². The summed E-state index contributed by atoms with van der Waals surface area (Å²) in [5.74, 6) is -2.47. The maximum absolute atomic E-state index is 11.5. The number of aromatic hydroxyl groups is 1. The second kappa shape index (κ2) is 5.92. The third-order valence-electron chi connectivity index (χ3n) is 3.59. The van der Waals surface area contributed by atoms with Gasteiger partial charge in [-0.05, 0) is 37.1 Å². The van der Waals surface area contributed by atoms with Crippen LogP contribution in [0.2, 0.25) is 0 Å². The van der Waals surface area contributed by atoms with Gasteiger partial charge in [0.1, 0.15) is 11.8 Å². The predicted molar refractivity (Wildman–Crippen MR) is 70.4 cm³/mol. The number of hydrogen-bond donors (Lipinski definition) is 3. The van der Waals surface area contributed by atoms with E-state index in [2.05, 4.69) is 0 Å². The number of piperidine rings is 1. The van der Waals surface area contributed by atoms with Crippen molar-refractivity contribution in [1.82, 2.24) is 4.90 Å². The molecule has 6 nitrogen and oxygen atoms in total. The van der Waals surface area contributed by atoms with Crippen molar-refractivity contribution in [1.29, 1.82) is 0 Å². The third-order valence-corrected chi connectivity index (χ3v) is 3.59. The van der Waals surface area contributed by atoms with Crippen LogP contribution in [-0.4, -0.2) is 45.2 Å². The Morgan fingerprint density at radius 3 is 2.65 bits per heavy atom. The van der Waals surface area contributed by atoms with Crippen LogP contribution in [0, 0.1) is 5.92 Å². The van der Waals surface area contributed by atoms with Crippen molar-refractivity contribution in [2.45, 2.75) is 18.9 Å². The standard InChI is InChI=1S/C14H17NO5/c16-11-5-1-3-9(7-11)12(14(19)20)15-6-2-4-10(8-15)13(17)18/h1,3,5,7,10,12,16H,2,4,6,8H2,(H,17,18)(H,19,20). The first-order valence-corrected chi connectivity index (χ1v) is 6.47. The van der Waals surface area contributed by atoms with Gasteiger partial charge in [-0.3, -0.25) is 14.5 Å². The molecule has 0 aromatic heterocycles. The molecule has 0 bridgehead atoms. The van der Waals surface area contributed by atoms with Gasteiger partial charge in [-0.25, -0.2) is 0 Å². The lowest BCUT2D eigenvalue weighted by molar-refractivity contribution is -0.149. The van der Waals surface area contributed by atoms with Crippen LogP contribution in [-0.2, 0) is 9.59 Å². The van der Waals surface area contributed by atoms with E-state index < -0.39 is 23.9 Å². The van der Waals surface area contributed by atoms with Gasteiger partial charge < -0.3 is 15.3 Å². The first-order valence-electron chi connectivity index (χ1n) is 6.47. The number of carboxylic acids is 2. The summed E-state index contributed by atoms with van der Waals surface area (Å²) in [6.45, 7) is 0.748. The number of carboxylic acid groups (broad SMARTS) is 2. The first-order chi connectivity index (χ1) is 9.49. The second-order valence-corrected chi connectivity index (χ2v) is 5.01. The fraction of sp³-hybridized carbons (Fsp3) is 0.429. The van der Waals surface area contributed by atoms with Gasteiger partial charge in [0.2, 0.25) is 0 Å². The number of benzene rings is 1. The SMILES string of the molecule is O=C(O)C1CCCN(C(C(=O)O)c2cccc(O)c2)C1. The quantitative estimate of drug-likeness (QED) is 0.768. The van der Waals surface area contributed by atoms with Crippen molar-refractivity contribution in [2.24, 2.45) is 5.92 Å². The van der Waals surface area contributed by atoms with Crippen LogP contribution >= 0.6 is 0 Å². The molecule has 0 aliphatic carbocycles. The molecule has 3 N–H and O–H groups in total. The fourth-order valence-corrected chi connectivity index (χ4v) is 2.65. The van der Waals surface area contributed by atoms with Crippen molar-refractivity contribution in [3.63, 3.8) is 0 Å². The zero-order chi connectivity index (χ0) is 14.7. The van der Waals surface area contributed by atoms with Crippen LogP contribution in [0.15, 0.2) is 24.3 Å². The van der Waals surface area contributed by atoms with Crippen molar-refractivity contribution in [3.05, 3.63) is 29.8 Å². The van der Waals surface area contributed by atoms with E-state index >= 15 is 0 Å². The molecule has 1 aliphatic heterocycles. The van der Waals surface area contributed by atoms with E-state index in [1.54, 1.807) is 17.0 Å². The van der Waals surface area contributed by atoms with Crippen LogP contribution in [0.5, 0.6) is 5.75 Å². The van der Waals surface area contributed by atoms with E-state index in [1.165, 1.54) is 12.1 Å². The fourth-order valence-electron chi connectivity index (χ4n) is 2.65. The topological polar surface area (TPSA) is 98.1 Å². The molecule has 0 amide bonds. The monoisotopic (exact) mass is 279 g/mol. The molecule has 0 spiro atoms. The largest absolute Gasteiger partial charge is 0.508 e. The zero-order valence-corrected chi connectivity index (χ0v) is 10.9. The molecular weight excluding hydrogens is 262 g/mol. The molecule has 1 aromatic rings. The number of carbonyl (C=O) groups is 2. The van der Waals surface area contributed by atoms with E-state index in [0.717, 1.165) is 0 Å². The number of likely N-dealkylation sites (tertiary alicyclic amines) is 1. The molecule has 1 aliphatic rings. The van der Waals surface area contributed by atoms with Crippen LogP contribution < -0.4 is 0 Å². The highest BCUT2D eigenvalue weighted by Crippen LogP contribution is 2.29. The molecule has 20 heavy (non-hydrogen) atoms. The number of hydrogen-bond acceptors (Lipinski definition) is 4. The van der Waals surface area contributed by atoms with Gasteiger partial charge in [0, 0.05) is 6.54 Å². The Morgan fingerprint density at radius 1 is 1.30 bits per heavy atom. The average molecular weight is 279 g/mol. The number of aliphatic carboxylic acids is 2. The molecule has 108 valence electrons. The van der Waals surface area contributed by atoms with Crippen LogP contribution in [0.4, 0.5) is 0 Å². The molecule has 2 rings (SSSR count). The summed E-state index contributed by atoms with van der Waals surface area (Å²) in [4.78, 5) is 24.2. The minimum absolute atomic E-state index is 0.000504. The molecule has 6 heteroatoms. The van der Waals surface area contributed by atoms with Gasteiger partial charge in [-0.2, -0.15) is 0 Å². The number of nitrogens with zero attached hydrogens (tertiary/aromatic N) is 1.